The minimum Gasteiger partial charge on any atom is -0.399 e. The van der Waals surface area contributed by atoms with Crippen LogP contribution >= 0.6 is 0 Å². The van der Waals surface area contributed by atoms with Gasteiger partial charge in [0.2, 0.25) is 17.7 Å². The fourth-order valence-electron chi connectivity index (χ4n) is 2.91. The number of likely N-dealkylation sites (tertiary alicyclic amines) is 1. The normalized spacial score (nSPS) is 13.9. The average molecular weight is 351 g/mol. The molecule has 26 heavy (non-hydrogen) atoms. The number of rotatable bonds is 6. The molecule has 6 heteroatoms. The zero-order valence-corrected chi connectivity index (χ0v) is 14.4. The molecule has 0 aliphatic carbocycles. The van der Waals surface area contributed by atoms with Crippen molar-refractivity contribution in [3.63, 3.8) is 0 Å². The van der Waals surface area contributed by atoms with E-state index in [4.69, 9.17) is 5.73 Å². The molecule has 1 fully saturated rings. The number of carbonyl (C=O) groups excluding carboxylic acids is 3. The molecule has 2 aromatic carbocycles. The zero-order valence-electron chi connectivity index (χ0n) is 14.4. The second-order valence-electron chi connectivity index (χ2n) is 6.32. The molecule has 3 rings (SSSR count). The number of benzene rings is 2. The number of carbonyl (C=O) groups is 3. The van der Waals surface area contributed by atoms with E-state index in [0.717, 1.165) is 11.1 Å². The van der Waals surface area contributed by atoms with Crippen molar-refractivity contribution in [1.29, 1.82) is 0 Å². The molecule has 3 amide bonds. The number of nitrogen functional groups attached to an aromatic ring is 1. The Balaban J connectivity index is 1.52. The highest BCUT2D eigenvalue weighted by atomic mass is 16.2. The summed E-state index contributed by atoms with van der Waals surface area (Å²) in [5.74, 6) is -0.356. The first-order valence-corrected chi connectivity index (χ1v) is 8.58. The molecule has 3 N–H and O–H groups in total. The average Bonchev–Trinajstić information content (AvgIpc) is 2.94. The van der Waals surface area contributed by atoms with Crippen LogP contribution in [0.25, 0.3) is 0 Å². The van der Waals surface area contributed by atoms with E-state index in [2.05, 4.69) is 5.32 Å². The number of amides is 3. The molecule has 0 atom stereocenters. The maximum absolute atomic E-state index is 12.1. The van der Waals surface area contributed by atoms with Crippen LogP contribution in [-0.4, -0.2) is 22.6 Å². The lowest BCUT2D eigenvalue weighted by Gasteiger charge is -2.14. The third-order valence-electron chi connectivity index (χ3n) is 4.41. The highest BCUT2D eigenvalue weighted by molar-refractivity contribution is 6.01. The molecule has 0 bridgehead atoms. The van der Waals surface area contributed by atoms with Crippen LogP contribution in [0.15, 0.2) is 48.5 Å². The summed E-state index contributed by atoms with van der Waals surface area (Å²) in [6, 6.07) is 14.7. The zero-order chi connectivity index (χ0) is 18.5. The first kappa shape index (κ1) is 17.7. The Kier molecular flexibility index (Phi) is 5.31. The summed E-state index contributed by atoms with van der Waals surface area (Å²) in [5, 5.41) is 2.84. The first-order valence-electron chi connectivity index (χ1n) is 8.58. The van der Waals surface area contributed by atoms with E-state index < -0.39 is 0 Å². The van der Waals surface area contributed by atoms with E-state index in [1.807, 2.05) is 36.4 Å². The predicted molar refractivity (Wildman–Crippen MR) is 99.0 cm³/mol. The van der Waals surface area contributed by atoms with Gasteiger partial charge < -0.3 is 11.1 Å². The first-order chi connectivity index (χ1) is 12.5. The molecule has 1 saturated heterocycles. The summed E-state index contributed by atoms with van der Waals surface area (Å²) in [5.41, 5.74) is 9.06. The van der Waals surface area contributed by atoms with Gasteiger partial charge >= 0.3 is 0 Å². The van der Waals surface area contributed by atoms with Gasteiger partial charge in [-0.25, -0.2) is 0 Å². The number of para-hydroxylation sites is 1. The fraction of sp³-hybridized carbons (Fsp3) is 0.250. The largest absolute Gasteiger partial charge is 0.399 e. The summed E-state index contributed by atoms with van der Waals surface area (Å²) in [6.45, 7) is 0.277. The van der Waals surface area contributed by atoms with Gasteiger partial charge in [0.15, 0.2) is 0 Å². The standard InChI is InChI=1S/C20H21N3O3/c21-17-4-2-1-3-15(17)7-10-18(24)22-16-8-5-14(6-9-16)13-23-19(25)11-12-20(23)26/h1-6,8-9H,7,10-13,21H2,(H,22,24). The van der Waals surface area contributed by atoms with E-state index in [0.29, 0.717) is 37.1 Å². The van der Waals surface area contributed by atoms with Crippen LogP contribution in [0.3, 0.4) is 0 Å². The Hall–Kier alpha value is -3.15. The summed E-state index contributed by atoms with van der Waals surface area (Å²) in [7, 11) is 0. The highest BCUT2D eigenvalue weighted by Gasteiger charge is 2.28. The Morgan fingerprint density at radius 3 is 2.31 bits per heavy atom. The van der Waals surface area contributed by atoms with Crippen LogP contribution in [0.4, 0.5) is 11.4 Å². The third-order valence-corrected chi connectivity index (χ3v) is 4.41. The lowest BCUT2D eigenvalue weighted by Crippen LogP contribution is -2.28. The molecule has 0 unspecified atom stereocenters. The summed E-state index contributed by atoms with van der Waals surface area (Å²) in [4.78, 5) is 36.7. The van der Waals surface area contributed by atoms with Crippen LogP contribution in [-0.2, 0) is 27.3 Å². The van der Waals surface area contributed by atoms with Crippen molar-refractivity contribution in [2.45, 2.75) is 32.2 Å². The second-order valence-corrected chi connectivity index (χ2v) is 6.32. The van der Waals surface area contributed by atoms with Crippen molar-refractivity contribution in [1.82, 2.24) is 4.90 Å². The van der Waals surface area contributed by atoms with Gasteiger partial charge in [-0.05, 0) is 35.7 Å². The van der Waals surface area contributed by atoms with Crippen LogP contribution in [0.1, 0.15) is 30.4 Å². The third kappa shape index (κ3) is 4.27. The number of anilines is 2. The molecule has 0 spiro atoms. The molecular formula is C20H21N3O3. The summed E-state index contributed by atoms with van der Waals surface area (Å²) >= 11 is 0. The van der Waals surface area contributed by atoms with Gasteiger partial charge in [-0.15, -0.1) is 0 Å². The van der Waals surface area contributed by atoms with Gasteiger partial charge in [0, 0.05) is 30.6 Å². The maximum Gasteiger partial charge on any atom is 0.229 e. The van der Waals surface area contributed by atoms with E-state index in [9.17, 15) is 14.4 Å². The van der Waals surface area contributed by atoms with Crippen LogP contribution < -0.4 is 11.1 Å². The molecule has 6 nitrogen and oxygen atoms in total. The molecule has 1 aliphatic rings. The number of nitrogens with two attached hydrogens (primary N) is 1. The van der Waals surface area contributed by atoms with E-state index in [1.165, 1.54) is 4.90 Å². The van der Waals surface area contributed by atoms with Crippen molar-refractivity contribution >= 4 is 29.1 Å². The van der Waals surface area contributed by atoms with Gasteiger partial charge in [-0.1, -0.05) is 30.3 Å². The second kappa shape index (κ2) is 7.82. The number of imide groups is 1. The molecule has 134 valence electrons. The lowest BCUT2D eigenvalue weighted by atomic mass is 10.1. The molecule has 0 saturated carbocycles. The molecular weight excluding hydrogens is 330 g/mol. The summed E-state index contributed by atoms with van der Waals surface area (Å²) in [6.07, 6.45) is 1.50. The SMILES string of the molecule is Nc1ccccc1CCC(=O)Nc1ccc(CN2C(=O)CCC2=O)cc1. The Morgan fingerprint density at radius 2 is 1.65 bits per heavy atom. The van der Waals surface area contributed by atoms with Crippen LogP contribution in [0.5, 0.6) is 0 Å². The van der Waals surface area contributed by atoms with E-state index in [1.54, 1.807) is 12.1 Å². The Labute approximate surface area is 152 Å². The quantitative estimate of drug-likeness (QED) is 0.618. The topological polar surface area (TPSA) is 92.5 Å². The number of nitrogens with one attached hydrogen (secondary N) is 1. The van der Waals surface area contributed by atoms with Gasteiger partial charge in [-0.2, -0.15) is 0 Å². The minimum absolute atomic E-state index is 0.0918. The van der Waals surface area contributed by atoms with Crippen molar-refractivity contribution < 1.29 is 14.4 Å². The van der Waals surface area contributed by atoms with Crippen LogP contribution in [0.2, 0.25) is 0 Å². The van der Waals surface area contributed by atoms with Crippen molar-refractivity contribution in [3.05, 3.63) is 59.7 Å². The Bertz CT molecular complexity index is 814. The predicted octanol–water partition coefficient (Wildman–Crippen LogP) is 2.49. The van der Waals surface area contributed by atoms with Crippen molar-refractivity contribution in [3.8, 4) is 0 Å². The van der Waals surface area contributed by atoms with Gasteiger partial charge in [0.05, 0.1) is 6.54 Å². The number of nitrogens with zero attached hydrogens (tertiary/aromatic N) is 1. The molecule has 1 heterocycles. The molecule has 0 radical (unpaired) electrons. The fourth-order valence-corrected chi connectivity index (χ4v) is 2.91. The number of hydrogen-bond acceptors (Lipinski definition) is 4. The van der Waals surface area contributed by atoms with E-state index >= 15 is 0 Å². The van der Waals surface area contributed by atoms with Crippen molar-refractivity contribution in [2.24, 2.45) is 0 Å². The molecule has 2 aromatic rings. The van der Waals surface area contributed by atoms with Crippen molar-refractivity contribution in [2.75, 3.05) is 11.1 Å². The Morgan fingerprint density at radius 1 is 1.00 bits per heavy atom. The van der Waals surface area contributed by atoms with Gasteiger partial charge in [0.25, 0.3) is 0 Å². The lowest BCUT2D eigenvalue weighted by molar-refractivity contribution is -0.139. The monoisotopic (exact) mass is 351 g/mol. The summed E-state index contributed by atoms with van der Waals surface area (Å²) < 4.78 is 0. The number of aryl methyl sites for hydroxylation is 1. The number of hydrogen-bond donors (Lipinski definition) is 2. The van der Waals surface area contributed by atoms with Crippen LogP contribution in [0, 0.1) is 0 Å². The smallest absolute Gasteiger partial charge is 0.229 e. The minimum atomic E-state index is -0.132. The maximum atomic E-state index is 12.1. The van der Waals surface area contributed by atoms with E-state index in [-0.39, 0.29) is 24.3 Å². The highest BCUT2D eigenvalue weighted by Crippen LogP contribution is 2.18. The molecule has 1 aliphatic heterocycles. The molecule has 0 aromatic heterocycles. The van der Waals surface area contributed by atoms with Gasteiger partial charge in [-0.3, -0.25) is 19.3 Å². The van der Waals surface area contributed by atoms with Gasteiger partial charge in [0.1, 0.15) is 0 Å².